The molecule has 0 aliphatic carbocycles. The Kier molecular flexibility index (Phi) is 6.67. The summed E-state index contributed by atoms with van der Waals surface area (Å²) in [5.41, 5.74) is 1.38. The molecule has 0 aliphatic heterocycles. The molecule has 0 spiro atoms. The number of unbranched alkanes of at least 4 members (excludes halogenated alkanes) is 5. The highest BCUT2D eigenvalue weighted by Crippen LogP contribution is 2.08. The van der Waals surface area contributed by atoms with Gasteiger partial charge in [-0.1, -0.05) is 25.7 Å². The Hall–Kier alpha value is -0.370. The van der Waals surface area contributed by atoms with Crippen molar-refractivity contribution in [3.05, 3.63) is 24.0 Å². The van der Waals surface area contributed by atoms with Crippen LogP contribution in [0.25, 0.3) is 0 Å². The van der Waals surface area contributed by atoms with Crippen LogP contribution in [-0.2, 0) is 6.42 Å². The van der Waals surface area contributed by atoms with Crippen LogP contribution in [-0.4, -0.2) is 10.7 Å². The van der Waals surface area contributed by atoms with Crippen LogP contribution in [0.5, 0.6) is 0 Å². The summed E-state index contributed by atoms with van der Waals surface area (Å²) < 4.78 is 0. The molecule has 1 rings (SSSR count). The maximum atomic E-state index is 4.20. The molecule has 0 atom stereocenters. The van der Waals surface area contributed by atoms with Gasteiger partial charge in [-0.15, -0.1) is 0 Å². The monoisotopic (exact) mass is 211 g/mol. The zero-order valence-electron chi connectivity index (χ0n) is 8.84. The molecule has 0 bridgehead atoms. The van der Waals surface area contributed by atoms with E-state index >= 15 is 0 Å². The summed E-state index contributed by atoms with van der Waals surface area (Å²) in [6, 6.07) is 4.24. The van der Waals surface area contributed by atoms with Crippen molar-refractivity contribution in [1.82, 2.24) is 4.98 Å². The lowest BCUT2D eigenvalue weighted by atomic mass is 10.1. The molecule has 0 aromatic carbocycles. The van der Waals surface area contributed by atoms with Gasteiger partial charge in [0.1, 0.15) is 0 Å². The summed E-state index contributed by atoms with van der Waals surface area (Å²) >= 11 is 4.20. The van der Waals surface area contributed by atoms with Crippen LogP contribution < -0.4 is 0 Å². The number of thiol groups is 1. The number of aryl methyl sites for hydroxylation is 1. The van der Waals surface area contributed by atoms with Crippen LogP contribution in [0.2, 0.25) is 0 Å². The number of aromatic nitrogens is 1. The van der Waals surface area contributed by atoms with Crippen LogP contribution in [0.3, 0.4) is 0 Å². The van der Waals surface area contributed by atoms with Crippen molar-refractivity contribution >= 4 is 12.6 Å². The Morgan fingerprint density at radius 3 is 2.36 bits per heavy atom. The smallest absolute Gasteiger partial charge is 0.0147 e. The topological polar surface area (TPSA) is 15.8 Å². The molecule has 2 heteroatoms. The summed E-state index contributed by atoms with van der Waals surface area (Å²) in [7, 11) is 0. The van der Waals surface area contributed by atoms with Gasteiger partial charge in [-0.2, -0.15) is 12.6 Å². The molecule has 0 saturated heterocycles. The van der Waals surface area contributed by atoms with Crippen LogP contribution in [0.4, 0.5) is 0 Å². The van der Waals surface area contributed by atoms with Gasteiger partial charge in [-0.25, -0.2) is 0 Å². The number of rotatable bonds is 8. The normalized spacial score (nSPS) is 10.6. The van der Waals surface area contributed by atoms with Crippen LogP contribution in [0.1, 0.15) is 44.2 Å². The Morgan fingerprint density at radius 1 is 1.00 bits per heavy atom. The molecule has 80 valence electrons. The van der Waals surface area contributed by atoms with E-state index in [2.05, 4.69) is 29.7 Å². The molecule has 0 unspecified atom stereocenters. The number of nitrogens with one attached hydrogen (secondary N) is 1. The SMILES string of the molecule is SCCCCCCCCc1ccc[nH]1. The second-order valence-corrected chi connectivity index (χ2v) is 4.24. The summed E-state index contributed by atoms with van der Waals surface area (Å²) in [6.45, 7) is 0. The standard InChI is InChI=1S/C12H21NS/c14-11-6-4-2-1-3-5-8-12-9-7-10-13-12/h7,9-10,13-14H,1-6,8,11H2. The van der Waals surface area contributed by atoms with Gasteiger partial charge in [-0.3, -0.25) is 0 Å². The maximum absolute atomic E-state index is 4.20. The quantitative estimate of drug-likeness (QED) is 0.480. The highest BCUT2D eigenvalue weighted by atomic mass is 32.1. The van der Waals surface area contributed by atoms with Crippen molar-refractivity contribution in [2.45, 2.75) is 44.9 Å². The molecule has 0 radical (unpaired) electrons. The van der Waals surface area contributed by atoms with Gasteiger partial charge in [0, 0.05) is 11.9 Å². The molecule has 1 N–H and O–H groups in total. The fourth-order valence-corrected chi connectivity index (χ4v) is 1.88. The highest BCUT2D eigenvalue weighted by Gasteiger charge is 1.93. The van der Waals surface area contributed by atoms with Crippen molar-refractivity contribution in [2.75, 3.05) is 5.75 Å². The van der Waals surface area contributed by atoms with Gasteiger partial charge in [0.15, 0.2) is 0 Å². The van der Waals surface area contributed by atoms with E-state index in [-0.39, 0.29) is 0 Å². The summed E-state index contributed by atoms with van der Waals surface area (Å²) in [5.74, 6) is 1.04. The van der Waals surface area contributed by atoms with Crippen LogP contribution >= 0.6 is 12.6 Å². The molecule has 14 heavy (non-hydrogen) atoms. The minimum Gasteiger partial charge on any atom is -0.365 e. The van der Waals surface area contributed by atoms with Gasteiger partial charge >= 0.3 is 0 Å². The van der Waals surface area contributed by atoms with E-state index in [9.17, 15) is 0 Å². The number of H-pyrrole nitrogens is 1. The first-order valence-electron chi connectivity index (χ1n) is 5.66. The zero-order valence-corrected chi connectivity index (χ0v) is 9.73. The average molecular weight is 211 g/mol. The van der Waals surface area contributed by atoms with Gasteiger partial charge in [0.25, 0.3) is 0 Å². The van der Waals surface area contributed by atoms with Crippen molar-refractivity contribution in [1.29, 1.82) is 0 Å². The first-order valence-corrected chi connectivity index (χ1v) is 6.30. The Morgan fingerprint density at radius 2 is 1.71 bits per heavy atom. The largest absolute Gasteiger partial charge is 0.365 e. The molecule has 1 heterocycles. The summed E-state index contributed by atoms with van der Waals surface area (Å²) in [4.78, 5) is 3.24. The Bertz CT molecular complexity index is 206. The van der Waals surface area contributed by atoms with E-state index in [1.807, 2.05) is 6.20 Å². The van der Waals surface area contributed by atoms with E-state index in [0.717, 1.165) is 5.75 Å². The van der Waals surface area contributed by atoms with E-state index in [4.69, 9.17) is 0 Å². The Balaban J connectivity index is 1.85. The third-order valence-corrected chi connectivity index (χ3v) is 2.83. The van der Waals surface area contributed by atoms with Gasteiger partial charge in [0.05, 0.1) is 0 Å². The molecule has 1 aromatic heterocycles. The molecule has 0 aliphatic rings. The minimum atomic E-state index is 1.04. The predicted octanol–water partition coefficient (Wildman–Crippen LogP) is 3.83. The average Bonchev–Trinajstić information content (AvgIpc) is 2.69. The minimum absolute atomic E-state index is 1.04. The molecule has 1 aromatic rings. The lowest BCUT2D eigenvalue weighted by molar-refractivity contribution is 0.607. The first kappa shape index (κ1) is 11.7. The third-order valence-electron chi connectivity index (χ3n) is 2.52. The first-order chi connectivity index (χ1) is 6.93. The molecule has 0 amide bonds. The van der Waals surface area contributed by atoms with Crippen molar-refractivity contribution in [3.63, 3.8) is 0 Å². The van der Waals surface area contributed by atoms with Crippen LogP contribution in [0.15, 0.2) is 18.3 Å². The fraction of sp³-hybridized carbons (Fsp3) is 0.667. The van der Waals surface area contributed by atoms with E-state index < -0.39 is 0 Å². The van der Waals surface area contributed by atoms with E-state index in [1.165, 1.54) is 50.6 Å². The Labute approximate surface area is 92.7 Å². The number of hydrogen-bond donors (Lipinski definition) is 2. The second-order valence-electron chi connectivity index (χ2n) is 3.79. The zero-order chi connectivity index (χ0) is 10.1. The van der Waals surface area contributed by atoms with Crippen molar-refractivity contribution < 1.29 is 0 Å². The second kappa shape index (κ2) is 7.98. The van der Waals surface area contributed by atoms with Gasteiger partial charge < -0.3 is 4.98 Å². The molecular formula is C12H21NS. The van der Waals surface area contributed by atoms with Crippen LogP contribution in [0, 0.1) is 0 Å². The molecule has 1 nitrogen and oxygen atoms in total. The molecular weight excluding hydrogens is 190 g/mol. The summed E-state index contributed by atoms with van der Waals surface area (Å²) in [5, 5.41) is 0. The van der Waals surface area contributed by atoms with Gasteiger partial charge in [-0.05, 0) is 37.1 Å². The predicted molar refractivity (Wildman–Crippen MR) is 66.1 cm³/mol. The van der Waals surface area contributed by atoms with Gasteiger partial charge in [0.2, 0.25) is 0 Å². The van der Waals surface area contributed by atoms with Crippen molar-refractivity contribution in [2.24, 2.45) is 0 Å². The van der Waals surface area contributed by atoms with Crippen molar-refractivity contribution in [3.8, 4) is 0 Å². The lowest BCUT2D eigenvalue weighted by Gasteiger charge is -2.00. The van der Waals surface area contributed by atoms with E-state index in [0.29, 0.717) is 0 Å². The number of aromatic amines is 1. The lowest BCUT2D eigenvalue weighted by Crippen LogP contribution is -1.86. The number of hydrogen-bond acceptors (Lipinski definition) is 1. The molecule has 0 fully saturated rings. The highest BCUT2D eigenvalue weighted by molar-refractivity contribution is 7.80. The summed E-state index contributed by atoms with van der Waals surface area (Å²) in [6.07, 6.45) is 11.3. The third kappa shape index (κ3) is 5.38. The maximum Gasteiger partial charge on any atom is 0.0147 e. The molecule has 0 saturated carbocycles. The van der Waals surface area contributed by atoms with E-state index in [1.54, 1.807) is 0 Å². The fourth-order valence-electron chi connectivity index (χ4n) is 1.66.